The molecule has 1 aromatic carbocycles. The highest BCUT2D eigenvalue weighted by molar-refractivity contribution is 6.27. The Labute approximate surface area is 190 Å². The Morgan fingerprint density at radius 2 is 1.97 bits per heavy atom. The van der Waals surface area contributed by atoms with Crippen LogP contribution in [0.3, 0.4) is 0 Å². The zero-order chi connectivity index (χ0) is 23.8. The van der Waals surface area contributed by atoms with E-state index >= 15 is 0 Å². The Bertz CT molecular complexity index is 990. The maximum absolute atomic E-state index is 12.9. The number of nitrogens with zero attached hydrogens (tertiary/aromatic N) is 1. The topological polar surface area (TPSA) is 147 Å². The first-order valence-electron chi connectivity index (χ1n) is 10.1. The lowest BCUT2D eigenvalue weighted by atomic mass is 10.0. The Balaban J connectivity index is 2.19. The molecule has 1 atom stereocenters. The number of amides is 4. The highest BCUT2D eigenvalue weighted by Gasteiger charge is 2.26. The van der Waals surface area contributed by atoms with Gasteiger partial charge in [0.15, 0.2) is 0 Å². The molecule has 0 spiro atoms. The van der Waals surface area contributed by atoms with Gasteiger partial charge in [0.25, 0.3) is 17.7 Å². The van der Waals surface area contributed by atoms with Gasteiger partial charge in [-0.1, -0.05) is 19.9 Å². The average Bonchev–Trinajstić information content (AvgIpc) is 3.19. The van der Waals surface area contributed by atoms with Gasteiger partial charge in [-0.15, -0.1) is 11.6 Å². The summed E-state index contributed by atoms with van der Waals surface area (Å²) < 4.78 is 5.31. The van der Waals surface area contributed by atoms with Crippen LogP contribution in [0.2, 0.25) is 0 Å². The lowest BCUT2D eigenvalue weighted by Crippen LogP contribution is -2.55. The number of methoxy groups -OCH3 is 1. The normalized spacial score (nSPS) is 11.8. The fraction of sp³-hybridized carbons (Fsp3) is 0.429. The van der Waals surface area contributed by atoms with Crippen molar-refractivity contribution in [3.05, 3.63) is 30.0 Å². The molecule has 2 rings (SSSR count). The largest absolute Gasteiger partial charge is 0.496 e. The standard InChI is InChI=1S/C21H28ClN5O5/c1-12(2)9-15(21(31)26-27(19(29)11-22)8-7-18(23)28)25-20(30)16-10-13-14(24-16)5-4-6-17(13)32-3/h4-6,10,12,15,24H,7-9,11H2,1-3H3,(H2,23,28)(H,25,30)(H,26,31)/t15-/m1/s1. The SMILES string of the molecule is COc1cccc2[nH]c(C(=O)N[C@H](CC(C)C)C(=O)NN(CCC(N)=O)C(=O)CCl)cc12. The van der Waals surface area contributed by atoms with Crippen LogP contribution < -0.4 is 21.2 Å². The van der Waals surface area contributed by atoms with Crippen LogP contribution in [0.15, 0.2) is 24.3 Å². The number of rotatable bonds is 10. The van der Waals surface area contributed by atoms with Gasteiger partial charge in [-0.2, -0.15) is 0 Å². The summed E-state index contributed by atoms with van der Waals surface area (Å²) in [5.41, 5.74) is 8.54. The van der Waals surface area contributed by atoms with Crippen LogP contribution in [-0.2, 0) is 14.4 Å². The van der Waals surface area contributed by atoms with Crippen molar-refractivity contribution < 1.29 is 23.9 Å². The van der Waals surface area contributed by atoms with Crippen LogP contribution in [0.25, 0.3) is 10.9 Å². The molecule has 2 aromatic rings. The van der Waals surface area contributed by atoms with Crippen molar-refractivity contribution >= 4 is 46.1 Å². The number of hydrazine groups is 1. The van der Waals surface area contributed by atoms with Gasteiger partial charge in [0.2, 0.25) is 5.91 Å². The monoisotopic (exact) mass is 465 g/mol. The molecule has 0 aliphatic heterocycles. The molecule has 1 heterocycles. The van der Waals surface area contributed by atoms with Crippen molar-refractivity contribution in [2.75, 3.05) is 19.5 Å². The van der Waals surface area contributed by atoms with Crippen LogP contribution in [0.4, 0.5) is 0 Å². The number of hydrogen-bond acceptors (Lipinski definition) is 5. The summed E-state index contributed by atoms with van der Waals surface area (Å²) in [7, 11) is 1.54. The van der Waals surface area contributed by atoms with E-state index in [2.05, 4.69) is 15.7 Å². The molecule has 4 amide bonds. The molecular weight excluding hydrogens is 438 g/mol. The summed E-state index contributed by atoms with van der Waals surface area (Å²) in [6, 6.07) is 6.09. The van der Waals surface area contributed by atoms with E-state index < -0.39 is 35.6 Å². The Kier molecular flexibility index (Phi) is 8.89. The molecule has 11 heteroatoms. The second kappa shape index (κ2) is 11.4. The molecule has 1 aromatic heterocycles. The molecule has 10 nitrogen and oxygen atoms in total. The first-order chi connectivity index (χ1) is 15.2. The molecule has 0 fully saturated rings. The number of fused-ring (bicyclic) bond motifs is 1. The second-order valence-corrected chi connectivity index (χ2v) is 7.90. The number of halogens is 1. The fourth-order valence-electron chi connectivity index (χ4n) is 3.11. The van der Waals surface area contributed by atoms with Crippen molar-refractivity contribution in [3.8, 4) is 5.75 Å². The molecule has 0 bridgehead atoms. The minimum atomic E-state index is -0.935. The van der Waals surface area contributed by atoms with Crippen LogP contribution >= 0.6 is 11.6 Å². The first-order valence-corrected chi connectivity index (χ1v) is 10.6. The smallest absolute Gasteiger partial charge is 0.268 e. The van der Waals surface area contributed by atoms with E-state index in [1.165, 1.54) is 7.11 Å². The minimum Gasteiger partial charge on any atom is -0.496 e. The third kappa shape index (κ3) is 6.61. The van der Waals surface area contributed by atoms with Crippen LogP contribution in [0.1, 0.15) is 37.2 Å². The molecule has 0 saturated heterocycles. The van der Waals surface area contributed by atoms with E-state index in [-0.39, 0.29) is 24.6 Å². The Morgan fingerprint density at radius 1 is 1.25 bits per heavy atom. The van der Waals surface area contributed by atoms with E-state index in [9.17, 15) is 19.2 Å². The van der Waals surface area contributed by atoms with Crippen molar-refractivity contribution in [1.82, 2.24) is 20.7 Å². The number of ether oxygens (including phenoxy) is 1. The maximum atomic E-state index is 12.9. The molecule has 0 saturated carbocycles. The molecule has 174 valence electrons. The quantitative estimate of drug-likeness (QED) is 0.308. The molecular formula is C21H28ClN5O5. The van der Waals surface area contributed by atoms with Gasteiger partial charge in [-0.3, -0.25) is 29.6 Å². The van der Waals surface area contributed by atoms with Crippen LogP contribution in [-0.4, -0.2) is 59.2 Å². The summed E-state index contributed by atoms with van der Waals surface area (Å²) in [5, 5.41) is 4.37. The number of carbonyl (C=O) groups is 4. The average molecular weight is 466 g/mol. The zero-order valence-electron chi connectivity index (χ0n) is 18.2. The number of nitrogens with one attached hydrogen (secondary N) is 3. The van der Waals surface area contributed by atoms with E-state index in [0.717, 1.165) is 10.4 Å². The van der Waals surface area contributed by atoms with Crippen molar-refractivity contribution in [2.24, 2.45) is 11.7 Å². The van der Waals surface area contributed by atoms with E-state index in [1.807, 2.05) is 13.8 Å². The van der Waals surface area contributed by atoms with Crippen molar-refractivity contribution in [3.63, 3.8) is 0 Å². The van der Waals surface area contributed by atoms with Gasteiger partial charge in [-0.25, -0.2) is 0 Å². The number of primary amides is 1. The van der Waals surface area contributed by atoms with Crippen molar-refractivity contribution in [1.29, 1.82) is 0 Å². The first kappa shape index (κ1) is 25.0. The molecule has 0 aliphatic carbocycles. The number of hydrogen-bond donors (Lipinski definition) is 4. The number of carbonyl (C=O) groups excluding carboxylic acids is 4. The number of aromatic amines is 1. The van der Waals surface area contributed by atoms with Gasteiger partial charge >= 0.3 is 0 Å². The third-order valence-electron chi connectivity index (χ3n) is 4.66. The van der Waals surface area contributed by atoms with Crippen LogP contribution in [0.5, 0.6) is 5.75 Å². The number of benzene rings is 1. The lowest BCUT2D eigenvalue weighted by molar-refractivity contribution is -0.141. The van der Waals surface area contributed by atoms with Crippen LogP contribution in [0, 0.1) is 5.92 Å². The number of aromatic nitrogens is 1. The van der Waals surface area contributed by atoms with Gasteiger partial charge < -0.3 is 20.8 Å². The second-order valence-electron chi connectivity index (χ2n) is 7.63. The molecule has 32 heavy (non-hydrogen) atoms. The van der Waals surface area contributed by atoms with Gasteiger partial charge in [0.1, 0.15) is 23.4 Å². The Hall–Kier alpha value is -3.27. The summed E-state index contributed by atoms with van der Waals surface area (Å²) in [4.78, 5) is 51.9. The van der Waals surface area contributed by atoms with Gasteiger partial charge in [0.05, 0.1) is 13.7 Å². The maximum Gasteiger partial charge on any atom is 0.268 e. The fourth-order valence-corrected chi connectivity index (χ4v) is 3.26. The van der Waals surface area contributed by atoms with E-state index in [1.54, 1.807) is 24.3 Å². The predicted octanol–water partition coefficient (Wildman–Crippen LogP) is 1.30. The highest BCUT2D eigenvalue weighted by Crippen LogP contribution is 2.26. The summed E-state index contributed by atoms with van der Waals surface area (Å²) in [5.74, 6) is -2.04. The Morgan fingerprint density at radius 3 is 2.56 bits per heavy atom. The molecule has 0 aliphatic rings. The molecule has 0 unspecified atom stereocenters. The predicted molar refractivity (Wildman–Crippen MR) is 120 cm³/mol. The lowest BCUT2D eigenvalue weighted by Gasteiger charge is -2.26. The minimum absolute atomic E-state index is 0.0663. The van der Waals surface area contributed by atoms with Crippen molar-refractivity contribution in [2.45, 2.75) is 32.7 Å². The number of H-pyrrole nitrogens is 1. The molecule has 5 N–H and O–H groups in total. The van der Waals surface area contributed by atoms with E-state index in [0.29, 0.717) is 17.7 Å². The van der Waals surface area contributed by atoms with Gasteiger partial charge in [-0.05, 0) is 30.5 Å². The molecule has 0 radical (unpaired) electrons. The van der Waals surface area contributed by atoms with Gasteiger partial charge in [0, 0.05) is 17.3 Å². The highest BCUT2D eigenvalue weighted by atomic mass is 35.5. The zero-order valence-corrected chi connectivity index (χ0v) is 19.0. The summed E-state index contributed by atoms with van der Waals surface area (Å²) >= 11 is 5.59. The summed E-state index contributed by atoms with van der Waals surface area (Å²) in [6.45, 7) is 3.67. The summed E-state index contributed by atoms with van der Waals surface area (Å²) in [6.07, 6.45) is 0.168. The number of nitrogens with two attached hydrogens (primary N) is 1. The third-order valence-corrected chi connectivity index (χ3v) is 4.89. The van der Waals surface area contributed by atoms with E-state index in [4.69, 9.17) is 22.1 Å². The number of alkyl halides is 1.